The maximum absolute atomic E-state index is 8.80. The number of hydrogen-bond donors (Lipinski definition) is 1. The molecule has 1 fully saturated rings. The zero-order valence-electron chi connectivity index (χ0n) is 25.9. The first-order valence-electron chi connectivity index (χ1n) is 18.0. The second kappa shape index (κ2) is 29.0. The lowest BCUT2D eigenvalue weighted by atomic mass is 9.95. The van der Waals surface area contributed by atoms with E-state index in [1.165, 1.54) is 180 Å². The van der Waals surface area contributed by atoms with E-state index in [1.54, 1.807) is 19.3 Å². The average molecular weight is 521 g/mol. The minimum atomic E-state index is 0.376. The Morgan fingerprint density at radius 2 is 0.649 bits per heavy atom. The fourth-order valence-corrected chi connectivity index (χ4v) is 6.82. The maximum Gasteiger partial charge on any atom is 0.0431 e. The molecule has 1 aliphatic rings. The maximum atomic E-state index is 8.80. The van der Waals surface area contributed by atoms with E-state index in [2.05, 4.69) is 6.92 Å². The molecule has 1 saturated carbocycles. The number of hydrogen-bond acceptors (Lipinski definition) is 1. The van der Waals surface area contributed by atoms with E-state index in [4.69, 9.17) is 5.11 Å². The molecule has 0 unspecified atom stereocenters. The van der Waals surface area contributed by atoms with Gasteiger partial charge in [0.05, 0.1) is 0 Å². The molecule has 1 heteroatoms. The van der Waals surface area contributed by atoms with Crippen LogP contribution in [0.5, 0.6) is 0 Å². The Morgan fingerprint density at radius 3 is 0.946 bits per heavy atom. The summed E-state index contributed by atoms with van der Waals surface area (Å²) >= 11 is 0. The Morgan fingerprint density at radius 1 is 0.378 bits per heavy atom. The van der Waals surface area contributed by atoms with E-state index in [1.807, 2.05) is 0 Å². The highest BCUT2D eigenvalue weighted by Crippen LogP contribution is 2.37. The van der Waals surface area contributed by atoms with E-state index in [0.29, 0.717) is 6.61 Å². The Balaban J connectivity index is 1.74. The van der Waals surface area contributed by atoms with Gasteiger partial charge in [-0.3, -0.25) is 0 Å². The SMILES string of the molecule is CCCCCCCCCCCCCCCC[C@H]1CC[C@@H](CCCCCCCCCCCCCCCO)C1. The van der Waals surface area contributed by atoms with Gasteiger partial charge in [0.25, 0.3) is 0 Å². The molecule has 1 aliphatic carbocycles. The standard InChI is InChI=1S/C36H72O/c1-2-3-4-5-6-7-8-9-11-14-17-20-23-26-29-35-31-32-36(34-35)30-27-24-21-18-15-12-10-13-16-19-22-25-28-33-37/h35-37H,2-34H2,1H3/t35-,36+/m0/s1. The quantitative estimate of drug-likeness (QED) is 0.0933. The molecule has 1 nitrogen and oxygen atoms in total. The van der Waals surface area contributed by atoms with Crippen molar-refractivity contribution in [3.63, 3.8) is 0 Å². The van der Waals surface area contributed by atoms with Gasteiger partial charge in [0.2, 0.25) is 0 Å². The topological polar surface area (TPSA) is 20.2 Å². The van der Waals surface area contributed by atoms with Gasteiger partial charge >= 0.3 is 0 Å². The van der Waals surface area contributed by atoms with Crippen LogP contribution in [0.15, 0.2) is 0 Å². The van der Waals surface area contributed by atoms with E-state index in [9.17, 15) is 0 Å². The number of aliphatic hydroxyl groups is 1. The second-order valence-corrected chi connectivity index (χ2v) is 13.0. The van der Waals surface area contributed by atoms with Crippen molar-refractivity contribution in [2.75, 3.05) is 6.61 Å². The third kappa shape index (κ3) is 24.7. The molecule has 0 saturated heterocycles. The van der Waals surface area contributed by atoms with Gasteiger partial charge in [-0.15, -0.1) is 0 Å². The normalized spacial score (nSPS) is 17.7. The van der Waals surface area contributed by atoms with Crippen LogP contribution in [-0.4, -0.2) is 11.7 Å². The predicted octanol–water partition coefficient (Wildman–Crippen LogP) is 12.7. The van der Waals surface area contributed by atoms with E-state index in [-0.39, 0.29) is 0 Å². The summed E-state index contributed by atoms with van der Waals surface area (Å²) in [6.07, 6.45) is 46.5. The zero-order chi connectivity index (χ0) is 26.5. The Labute approximate surface area is 235 Å². The van der Waals surface area contributed by atoms with Crippen molar-refractivity contribution in [1.29, 1.82) is 0 Å². The molecule has 0 spiro atoms. The highest BCUT2D eigenvalue weighted by molar-refractivity contribution is 4.75. The fourth-order valence-electron chi connectivity index (χ4n) is 6.82. The third-order valence-corrected chi connectivity index (χ3v) is 9.39. The molecule has 1 N–H and O–H groups in total. The summed E-state index contributed by atoms with van der Waals surface area (Å²) in [6.45, 7) is 2.68. The van der Waals surface area contributed by atoms with Gasteiger partial charge in [-0.1, -0.05) is 200 Å². The lowest BCUT2D eigenvalue weighted by molar-refractivity contribution is 0.282. The summed E-state index contributed by atoms with van der Waals surface area (Å²) in [7, 11) is 0. The number of rotatable bonds is 30. The molecule has 0 heterocycles. The molecule has 1 rings (SSSR count). The van der Waals surface area contributed by atoms with Gasteiger partial charge in [0.1, 0.15) is 0 Å². The number of unbranched alkanes of at least 4 members (excludes halogenated alkanes) is 25. The Kier molecular flexibility index (Phi) is 27.4. The van der Waals surface area contributed by atoms with Crippen molar-refractivity contribution >= 4 is 0 Å². The van der Waals surface area contributed by atoms with Crippen molar-refractivity contribution in [3.05, 3.63) is 0 Å². The highest BCUT2D eigenvalue weighted by Gasteiger charge is 2.23. The Hall–Kier alpha value is -0.0400. The summed E-state index contributed by atoms with van der Waals surface area (Å²) in [4.78, 5) is 0. The Bertz CT molecular complexity index is 381. The average Bonchev–Trinajstić information content (AvgIpc) is 3.36. The first kappa shape index (κ1) is 35.0. The summed E-state index contributed by atoms with van der Waals surface area (Å²) in [5, 5.41) is 8.80. The minimum Gasteiger partial charge on any atom is -0.396 e. The van der Waals surface area contributed by atoms with Crippen molar-refractivity contribution in [3.8, 4) is 0 Å². The van der Waals surface area contributed by atoms with Crippen LogP contribution in [0.4, 0.5) is 0 Å². The minimum absolute atomic E-state index is 0.376. The van der Waals surface area contributed by atoms with E-state index in [0.717, 1.165) is 18.3 Å². The van der Waals surface area contributed by atoms with Gasteiger partial charge in [-0.25, -0.2) is 0 Å². The smallest absolute Gasteiger partial charge is 0.0431 e. The summed E-state index contributed by atoms with van der Waals surface area (Å²) in [6, 6.07) is 0. The third-order valence-electron chi connectivity index (χ3n) is 9.39. The van der Waals surface area contributed by atoms with Crippen LogP contribution >= 0.6 is 0 Å². The van der Waals surface area contributed by atoms with Crippen molar-refractivity contribution < 1.29 is 5.11 Å². The predicted molar refractivity (Wildman–Crippen MR) is 167 cm³/mol. The molecule has 0 aromatic heterocycles. The molecule has 0 aliphatic heterocycles. The fraction of sp³-hybridized carbons (Fsp3) is 1.00. The molecule has 2 atom stereocenters. The van der Waals surface area contributed by atoms with Crippen LogP contribution in [-0.2, 0) is 0 Å². The van der Waals surface area contributed by atoms with Gasteiger partial charge < -0.3 is 5.11 Å². The first-order chi connectivity index (χ1) is 18.4. The summed E-state index contributed by atoms with van der Waals surface area (Å²) in [5.41, 5.74) is 0. The summed E-state index contributed by atoms with van der Waals surface area (Å²) in [5.74, 6) is 2.16. The molecule has 0 bridgehead atoms. The van der Waals surface area contributed by atoms with Gasteiger partial charge in [0.15, 0.2) is 0 Å². The first-order valence-corrected chi connectivity index (χ1v) is 18.0. The molecule has 0 amide bonds. The van der Waals surface area contributed by atoms with Crippen molar-refractivity contribution in [1.82, 2.24) is 0 Å². The molecule has 0 aromatic carbocycles. The van der Waals surface area contributed by atoms with Crippen molar-refractivity contribution in [2.45, 2.75) is 212 Å². The largest absolute Gasteiger partial charge is 0.396 e. The van der Waals surface area contributed by atoms with E-state index >= 15 is 0 Å². The van der Waals surface area contributed by atoms with Crippen molar-refractivity contribution in [2.24, 2.45) is 11.8 Å². The molecule has 37 heavy (non-hydrogen) atoms. The molecule has 0 aromatic rings. The monoisotopic (exact) mass is 521 g/mol. The zero-order valence-corrected chi connectivity index (χ0v) is 25.9. The van der Waals surface area contributed by atoms with Gasteiger partial charge in [0, 0.05) is 6.61 Å². The highest BCUT2D eigenvalue weighted by atomic mass is 16.2. The van der Waals surface area contributed by atoms with Crippen LogP contribution in [0.1, 0.15) is 212 Å². The van der Waals surface area contributed by atoms with E-state index < -0.39 is 0 Å². The van der Waals surface area contributed by atoms with Crippen LogP contribution in [0.3, 0.4) is 0 Å². The van der Waals surface area contributed by atoms with Gasteiger partial charge in [-0.2, -0.15) is 0 Å². The second-order valence-electron chi connectivity index (χ2n) is 13.0. The van der Waals surface area contributed by atoms with Crippen LogP contribution in [0.25, 0.3) is 0 Å². The molecular formula is C36H72O. The lowest BCUT2D eigenvalue weighted by Gasteiger charge is -2.11. The number of aliphatic hydroxyl groups excluding tert-OH is 1. The lowest BCUT2D eigenvalue weighted by Crippen LogP contribution is -1.97. The molecular weight excluding hydrogens is 448 g/mol. The summed E-state index contributed by atoms with van der Waals surface area (Å²) < 4.78 is 0. The van der Waals surface area contributed by atoms with Gasteiger partial charge in [-0.05, 0) is 24.7 Å². The van der Waals surface area contributed by atoms with Crippen LogP contribution in [0, 0.1) is 11.8 Å². The van der Waals surface area contributed by atoms with Crippen LogP contribution in [0.2, 0.25) is 0 Å². The van der Waals surface area contributed by atoms with Crippen LogP contribution < -0.4 is 0 Å². The molecule has 0 radical (unpaired) electrons. The molecule has 222 valence electrons.